The van der Waals surface area contributed by atoms with Crippen molar-refractivity contribution < 1.29 is 9.22 Å². The molecule has 0 radical (unpaired) electrons. The Morgan fingerprint density at radius 3 is 2.38 bits per heavy atom. The van der Waals surface area contributed by atoms with E-state index in [9.17, 15) is 4.79 Å². The highest BCUT2D eigenvalue weighted by atomic mass is 28.4. The van der Waals surface area contributed by atoms with E-state index in [1.54, 1.807) is 6.08 Å². The summed E-state index contributed by atoms with van der Waals surface area (Å²) >= 11 is 0. The van der Waals surface area contributed by atoms with Crippen LogP contribution in [0.15, 0.2) is 34.9 Å². The molecule has 0 aliphatic heterocycles. The lowest BCUT2D eigenvalue weighted by molar-refractivity contribution is -0.104. The molecule has 0 heterocycles. The van der Waals surface area contributed by atoms with E-state index < -0.39 is 8.32 Å². The van der Waals surface area contributed by atoms with E-state index in [4.69, 9.17) is 4.43 Å². The summed E-state index contributed by atoms with van der Waals surface area (Å²) in [5.74, 6) is 0. The van der Waals surface area contributed by atoms with Gasteiger partial charge in [-0.1, -0.05) is 46.8 Å². The first-order valence-electron chi connectivity index (χ1n) is 9.01. The molecule has 136 valence electrons. The van der Waals surface area contributed by atoms with Crippen molar-refractivity contribution in [2.45, 2.75) is 85.5 Å². The van der Waals surface area contributed by atoms with Crippen LogP contribution >= 0.6 is 0 Å². The minimum absolute atomic E-state index is 0.148. The Balaban J connectivity index is 3.17. The maximum absolute atomic E-state index is 10.6. The Bertz CT molecular complexity index is 557. The fourth-order valence-electron chi connectivity index (χ4n) is 2.96. The summed E-state index contributed by atoms with van der Waals surface area (Å²) in [7, 11) is -1.78. The molecule has 0 bridgehead atoms. The lowest BCUT2D eigenvalue weighted by Gasteiger charge is -2.44. The zero-order valence-electron chi connectivity index (χ0n) is 17.1. The monoisotopic (exact) mass is 348 g/mol. The van der Waals surface area contributed by atoms with Crippen LogP contribution in [-0.4, -0.2) is 20.7 Å². The number of rotatable bonds is 5. The van der Waals surface area contributed by atoms with Crippen LogP contribution in [0.2, 0.25) is 18.1 Å². The quantitative estimate of drug-likeness (QED) is 0.255. The molecule has 2 nitrogen and oxygen atoms in total. The Labute approximate surface area is 150 Å². The van der Waals surface area contributed by atoms with Gasteiger partial charge in [0.2, 0.25) is 0 Å². The van der Waals surface area contributed by atoms with E-state index in [-0.39, 0.29) is 16.6 Å². The van der Waals surface area contributed by atoms with E-state index in [2.05, 4.69) is 60.7 Å². The van der Waals surface area contributed by atoms with E-state index in [1.165, 1.54) is 11.1 Å². The molecule has 1 atom stereocenters. The van der Waals surface area contributed by atoms with Gasteiger partial charge in [-0.3, -0.25) is 4.79 Å². The van der Waals surface area contributed by atoms with Gasteiger partial charge in [0, 0.05) is 0 Å². The van der Waals surface area contributed by atoms with Gasteiger partial charge in [0.05, 0.1) is 6.10 Å². The van der Waals surface area contributed by atoms with Gasteiger partial charge in [0.1, 0.15) is 6.29 Å². The van der Waals surface area contributed by atoms with Gasteiger partial charge in [0.25, 0.3) is 0 Å². The normalized spacial score (nSPS) is 23.0. The number of aldehydes is 1. The van der Waals surface area contributed by atoms with E-state index >= 15 is 0 Å². The van der Waals surface area contributed by atoms with Crippen molar-refractivity contribution in [2.24, 2.45) is 5.41 Å². The van der Waals surface area contributed by atoms with Gasteiger partial charge in [-0.15, -0.1) is 0 Å². The molecular formula is C21H36O2Si. The summed E-state index contributed by atoms with van der Waals surface area (Å²) < 4.78 is 6.71. The summed E-state index contributed by atoms with van der Waals surface area (Å²) in [4.78, 5) is 10.6. The molecule has 1 aliphatic rings. The van der Waals surface area contributed by atoms with Crippen molar-refractivity contribution in [3.63, 3.8) is 0 Å². The largest absolute Gasteiger partial charge is 0.410 e. The zero-order valence-corrected chi connectivity index (χ0v) is 18.1. The second kappa shape index (κ2) is 7.53. The second-order valence-electron chi connectivity index (χ2n) is 9.27. The number of allylic oxidation sites excluding steroid dienone is 5. The molecule has 24 heavy (non-hydrogen) atoms. The Morgan fingerprint density at radius 1 is 1.29 bits per heavy atom. The van der Waals surface area contributed by atoms with Crippen LogP contribution in [0.5, 0.6) is 0 Å². The molecule has 3 heteroatoms. The van der Waals surface area contributed by atoms with Crippen molar-refractivity contribution in [1.82, 2.24) is 0 Å². The molecule has 0 aromatic heterocycles. The highest BCUT2D eigenvalue weighted by Crippen LogP contribution is 2.45. The van der Waals surface area contributed by atoms with Gasteiger partial charge in [-0.25, -0.2) is 0 Å². The molecular weight excluding hydrogens is 312 g/mol. The van der Waals surface area contributed by atoms with Crippen LogP contribution in [0.3, 0.4) is 0 Å². The third kappa shape index (κ3) is 5.03. The topological polar surface area (TPSA) is 26.3 Å². The number of hydrogen-bond acceptors (Lipinski definition) is 2. The lowest BCUT2D eigenvalue weighted by atomic mass is 9.71. The van der Waals surface area contributed by atoms with Gasteiger partial charge >= 0.3 is 0 Å². The Kier molecular flexibility index (Phi) is 6.62. The van der Waals surface area contributed by atoms with Crippen LogP contribution < -0.4 is 0 Å². The van der Waals surface area contributed by atoms with Gasteiger partial charge in [-0.05, 0) is 73.0 Å². The van der Waals surface area contributed by atoms with E-state index in [0.717, 1.165) is 24.7 Å². The molecule has 1 aliphatic carbocycles. The number of carbonyl (C=O) groups excluding carboxylic acids is 1. The first-order valence-corrected chi connectivity index (χ1v) is 11.9. The van der Waals surface area contributed by atoms with Crippen molar-refractivity contribution in [1.29, 1.82) is 0 Å². The summed E-state index contributed by atoms with van der Waals surface area (Å²) in [5.41, 5.74) is 3.84. The summed E-state index contributed by atoms with van der Waals surface area (Å²) in [5, 5.41) is 0.222. The molecule has 0 saturated carbocycles. The fraction of sp³-hybridized carbons (Fsp3) is 0.667. The third-order valence-corrected chi connectivity index (χ3v) is 10.2. The standard InChI is InChI=1S/C21H36O2Si/c1-16(13-15-22)10-11-18-17(2)19(12-14-21(18,6)7)23-24(8,9)20(3,4)5/h10-11,13,15,19H,12,14H2,1-9H3/b11-10+,16-13+. The molecule has 1 rings (SSSR count). The van der Waals surface area contributed by atoms with Crippen molar-refractivity contribution in [3.8, 4) is 0 Å². The van der Waals surface area contributed by atoms with Crippen LogP contribution in [0.1, 0.15) is 61.3 Å². The Morgan fingerprint density at radius 2 is 1.88 bits per heavy atom. The van der Waals surface area contributed by atoms with E-state index in [1.807, 2.05) is 13.0 Å². The molecule has 1 unspecified atom stereocenters. The van der Waals surface area contributed by atoms with Crippen LogP contribution in [0, 0.1) is 5.41 Å². The molecule has 0 amide bonds. The SMILES string of the molecule is CC1=C(/C=C/C(C)=C/C=O)C(C)(C)CCC1O[Si](C)(C)C(C)(C)C. The predicted molar refractivity (Wildman–Crippen MR) is 107 cm³/mol. The Hall–Kier alpha value is -0.933. The number of hydrogen-bond donors (Lipinski definition) is 0. The summed E-state index contributed by atoms with van der Waals surface area (Å²) in [6, 6.07) is 0. The summed E-state index contributed by atoms with van der Waals surface area (Å²) in [6.45, 7) is 20.3. The first kappa shape index (κ1) is 21.1. The molecule has 0 N–H and O–H groups in total. The lowest BCUT2D eigenvalue weighted by Crippen LogP contribution is -2.45. The van der Waals surface area contributed by atoms with Gasteiger partial charge in [-0.2, -0.15) is 0 Å². The van der Waals surface area contributed by atoms with Crippen molar-refractivity contribution >= 4 is 14.6 Å². The van der Waals surface area contributed by atoms with Crippen molar-refractivity contribution in [3.05, 3.63) is 34.9 Å². The highest BCUT2D eigenvalue weighted by molar-refractivity contribution is 6.74. The second-order valence-corrected chi connectivity index (χ2v) is 14.0. The average molecular weight is 349 g/mol. The molecule has 0 aromatic carbocycles. The molecule has 0 saturated heterocycles. The molecule has 0 spiro atoms. The highest BCUT2D eigenvalue weighted by Gasteiger charge is 2.41. The molecule has 0 aromatic rings. The third-order valence-electron chi connectivity index (χ3n) is 5.76. The van der Waals surface area contributed by atoms with Crippen LogP contribution in [0.4, 0.5) is 0 Å². The average Bonchev–Trinajstić information content (AvgIpc) is 2.40. The maximum atomic E-state index is 10.6. The van der Waals surface area contributed by atoms with E-state index in [0.29, 0.717) is 0 Å². The van der Waals surface area contributed by atoms with Crippen LogP contribution in [0.25, 0.3) is 0 Å². The minimum Gasteiger partial charge on any atom is -0.410 e. The number of carbonyl (C=O) groups is 1. The smallest absolute Gasteiger partial charge is 0.192 e. The minimum atomic E-state index is -1.78. The fourth-order valence-corrected chi connectivity index (χ4v) is 4.32. The van der Waals surface area contributed by atoms with Crippen LogP contribution in [-0.2, 0) is 9.22 Å². The predicted octanol–water partition coefficient (Wildman–Crippen LogP) is 6.21. The molecule has 0 fully saturated rings. The van der Waals surface area contributed by atoms with Gasteiger partial charge in [0.15, 0.2) is 8.32 Å². The van der Waals surface area contributed by atoms with Crippen molar-refractivity contribution in [2.75, 3.05) is 0 Å². The zero-order chi connectivity index (χ0) is 18.8. The van der Waals surface area contributed by atoms with Gasteiger partial charge < -0.3 is 4.43 Å². The maximum Gasteiger partial charge on any atom is 0.192 e. The first-order chi connectivity index (χ1) is 10.8. The summed E-state index contributed by atoms with van der Waals surface area (Å²) in [6.07, 6.45) is 9.11.